The second-order valence-electron chi connectivity index (χ2n) is 3.95. The number of fused-ring (bicyclic) bond motifs is 1. The van der Waals surface area contributed by atoms with Crippen molar-refractivity contribution in [2.45, 2.75) is 26.6 Å². The molecule has 0 bridgehead atoms. The Labute approximate surface area is 95.4 Å². The Morgan fingerprint density at radius 2 is 2.19 bits per heavy atom. The molecule has 1 heterocycles. The average Bonchev–Trinajstić information content (AvgIpc) is 2.76. The van der Waals surface area contributed by atoms with Gasteiger partial charge < -0.3 is 9.47 Å². The third-order valence-corrected chi connectivity index (χ3v) is 2.62. The summed E-state index contributed by atoms with van der Waals surface area (Å²) in [5.41, 5.74) is 3.03. The van der Waals surface area contributed by atoms with Crippen molar-refractivity contribution in [3.63, 3.8) is 0 Å². The molecule has 0 saturated carbocycles. The van der Waals surface area contributed by atoms with E-state index in [1.807, 2.05) is 25.1 Å². The molecule has 0 amide bonds. The normalized spacial score (nSPS) is 13.8. The second kappa shape index (κ2) is 5.23. The summed E-state index contributed by atoms with van der Waals surface area (Å²) in [6, 6.07) is 5.74. The fourth-order valence-corrected chi connectivity index (χ4v) is 1.74. The SMILES string of the molecule is CCCOCC(=O)c1ccc2c(c1)COC2. The zero-order valence-corrected chi connectivity index (χ0v) is 9.49. The number of Topliss-reactive ketones (excluding diaryl/α,β-unsaturated/α-hetero) is 1. The number of hydrogen-bond donors (Lipinski definition) is 0. The second-order valence-corrected chi connectivity index (χ2v) is 3.95. The van der Waals surface area contributed by atoms with Crippen molar-refractivity contribution in [3.8, 4) is 0 Å². The van der Waals surface area contributed by atoms with E-state index >= 15 is 0 Å². The van der Waals surface area contributed by atoms with Gasteiger partial charge in [0.2, 0.25) is 0 Å². The van der Waals surface area contributed by atoms with E-state index in [-0.39, 0.29) is 12.4 Å². The van der Waals surface area contributed by atoms with Crippen molar-refractivity contribution in [1.29, 1.82) is 0 Å². The minimum Gasteiger partial charge on any atom is -0.373 e. The van der Waals surface area contributed by atoms with Crippen LogP contribution in [0.4, 0.5) is 0 Å². The molecule has 0 atom stereocenters. The maximum absolute atomic E-state index is 11.8. The molecule has 0 spiro atoms. The highest BCUT2D eigenvalue weighted by atomic mass is 16.5. The van der Waals surface area contributed by atoms with Crippen molar-refractivity contribution in [2.24, 2.45) is 0 Å². The van der Waals surface area contributed by atoms with Crippen LogP contribution in [0.2, 0.25) is 0 Å². The zero-order valence-electron chi connectivity index (χ0n) is 9.49. The van der Waals surface area contributed by atoms with Crippen LogP contribution in [0, 0.1) is 0 Å². The topological polar surface area (TPSA) is 35.5 Å². The average molecular weight is 220 g/mol. The fourth-order valence-electron chi connectivity index (χ4n) is 1.74. The summed E-state index contributed by atoms with van der Waals surface area (Å²) < 4.78 is 10.5. The lowest BCUT2D eigenvalue weighted by molar-refractivity contribution is 0.0761. The van der Waals surface area contributed by atoms with E-state index in [1.54, 1.807) is 0 Å². The number of ether oxygens (including phenoxy) is 2. The quantitative estimate of drug-likeness (QED) is 0.564. The molecule has 0 aliphatic carbocycles. The van der Waals surface area contributed by atoms with E-state index in [9.17, 15) is 4.79 Å². The van der Waals surface area contributed by atoms with Crippen LogP contribution in [0.25, 0.3) is 0 Å². The largest absolute Gasteiger partial charge is 0.373 e. The highest BCUT2D eigenvalue weighted by Gasteiger charge is 2.14. The third-order valence-electron chi connectivity index (χ3n) is 2.62. The minimum atomic E-state index is 0.0446. The van der Waals surface area contributed by atoms with Gasteiger partial charge in [0.25, 0.3) is 0 Å². The van der Waals surface area contributed by atoms with Crippen LogP contribution in [0.15, 0.2) is 18.2 Å². The number of carbonyl (C=O) groups excluding carboxylic acids is 1. The molecule has 86 valence electrons. The Kier molecular flexibility index (Phi) is 3.70. The van der Waals surface area contributed by atoms with Crippen LogP contribution < -0.4 is 0 Å². The van der Waals surface area contributed by atoms with E-state index in [2.05, 4.69) is 0 Å². The molecule has 1 aliphatic heterocycles. The highest BCUT2D eigenvalue weighted by Crippen LogP contribution is 2.21. The van der Waals surface area contributed by atoms with E-state index in [0.29, 0.717) is 19.8 Å². The van der Waals surface area contributed by atoms with Gasteiger partial charge >= 0.3 is 0 Å². The summed E-state index contributed by atoms with van der Waals surface area (Å²) in [5, 5.41) is 0. The van der Waals surface area contributed by atoms with Crippen LogP contribution >= 0.6 is 0 Å². The number of carbonyl (C=O) groups is 1. The van der Waals surface area contributed by atoms with E-state index < -0.39 is 0 Å². The molecule has 1 aromatic rings. The molecule has 2 rings (SSSR count). The van der Waals surface area contributed by atoms with Crippen LogP contribution in [-0.4, -0.2) is 19.0 Å². The molecule has 0 saturated heterocycles. The number of hydrogen-bond acceptors (Lipinski definition) is 3. The Bertz CT molecular complexity index is 385. The number of rotatable bonds is 5. The maximum Gasteiger partial charge on any atom is 0.188 e. The van der Waals surface area contributed by atoms with Crippen LogP contribution in [-0.2, 0) is 22.7 Å². The smallest absolute Gasteiger partial charge is 0.188 e. The first-order chi connectivity index (χ1) is 7.81. The van der Waals surface area contributed by atoms with Crippen molar-refractivity contribution in [2.75, 3.05) is 13.2 Å². The van der Waals surface area contributed by atoms with Crippen LogP contribution in [0.1, 0.15) is 34.8 Å². The van der Waals surface area contributed by atoms with Gasteiger partial charge in [-0.15, -0.1) is 0 Å². The van der Waals surface area contributed by atoms with Gasteiger partial charge in [-0.05, 0) is 23.6 Å². The third kappa shape index (κ3) is 2.49. The molecule has 0 N–H and O–H groups in total. The Balaban J connectivity index is 2.01. The predicted molar refractivity (Wildman–Crippen MR) is 60.4 cm³/mol. The van der Waals surface area contributed by atoms with Crippen molar-refractivity contribution < 1.29 is 14.3 Å². The summed E-state index contributed by atoms with van der Waals surface area (Å²) in [7, 11) is 0. The van der Waals surface area contributed by atoms with Gasteiger partial charge in [0.05, 0.1) is 13.2 Å². The molecule has 3 heteroatoms. The van der Waals surface area contributed by atoms with Crippen molar-refractivity contribution >= 4 is 5.78 Å². The van der Waals surface area contributed by atoms with Gasteiger partial charge in [-0.2, -0.15) is 0 Å². The molecule has 0 fully saturated rings. The lowest BCUT2D eigenvalue weighted by Gasteiger charge is -2.04. The van der Waals surface area contributed by atoms with Crippen LogP contribution in [0.5, 0.6) is 0 Å². The Morgan fingerprint density at radius 3 is 3.00 bits per heavy atom. The Hall–Kier alpha value is -1.19. The molecule has 0 radical (unpaired) electrons. The van der Waals surface area contributed by atoms with Gasteiger partial charge in [0, 0.05) is 12.2 Å². The monoisotopic (exact) mass is 220 g/mol. The fraction of sp³-hybridized carbons (Fsp3) is 0.462. The molecular weight excluding hydrogens is 204 g/mol. The van der Waals surface area contributed by atoms with Gasteiger partial charge in [-0.3, -0.25) is 4.79 Å². The van der Waals surface area contributed by atoms with Gasteiger partial charge in [-0.1, -0.05) is 19.1 Å². The molecule has 3 nitrogen and oxygen atoms in total. The van der Waals surface area contributed by atoms with Gasteiger partial charge in [-0.25, -0.2) is 0 Å². The molecule has 0 aromatic heterocycles. The lowest BCUT2D eigenvalue weighted by Crippen LogP contribution is -2.10. The zero-order chi connectivity index (χ0) is 11.4. The van der Waals surface area contributed by atoms with E-state index in [4.69, 9.17) is 9.47 Å². The summed E-state index contributed by atoms with van der Waals surface area (Å²) >= 11 is 0. The number of benzene rings is 1. The molecule has 0 unspecified atom stereocenters. The predicted octanol–water partition coefficient (Wildman–Crippen LogP) is 2.33. The minimum absolute atomic E-state index is 0.0446. The first-order valence-corrected chi connectivity index (χ1v) is 5.61. The summed E-state index contributed by atoms with van der Waals surface area (Å²) in [5.74, 6) is 0.0446. The van der Waals surface area contributed by atoms with E-state index in [1.165, 1.54) is 5.56 Å². The first kappa shape index (κ1) is 11.3. The maximum atomic E-state index is 11.8. The standard InChI is InChI=1S/C13H16O3/c1-2-5-15-9-13(14)10-3-4-11-7-16-8-12(11)6-10/h3-4,6H,2,5,7-9H2,1H3. The first-order valence-electron chi connectivity index (χ1n) is 5.61. The lowest BCUT2D eigenvalue weighted by atomic mass is 10.0. The van der Waals surface area contributed by atoms with Crippen molar-refractivity contribution in [3.05, 3.63) is 34.9 Å². The molecule has 1 aromatic carbocycles. The number of ketones is 1. The summed E-state index contributed by atoms with van der Waals surface area (Å²) in [6.07, 6.45) is 0.936. The van der Waals surface area contributed by atoms with E-state index in [0.717, 1.165) is 17.5 Å². The summed E-state index contributed by atoms with van der Waals surface area (Å²) in [6.45, 7) is 4.12. The molecular formula is C13H16O3. The molecule has 1 aliphatic rings. The highest BCUT2D eigenvalue weighted by molar-refractivity contribution is 5.97. The van der Waals surface area contributed by atoms with Crippen LogP contribution in [0.3, 0.4) is 0 Å². The van der Waals surface area contributed by atoms with Crippen molar-refractivity contribution in [1.82, 2.24) is 0 Å². The van der Waals surface area contributed by atoms with Gasteiger partial charge in [0.1, 0.15) is 6.61 Å². The van der Waals surface area contributed by atoms with Gasteiger partial charge in [0.15, 0.2) is 5.78 Å². The summed E-state index contributed by atoms with van der Waals surface area (Å²) in [4.78, 5) is 11.8. The molecule has 16 heavy (non-hydrogen) atoms. The Morgan fingerprint density at radius 1 is 1.38 bits per heavy atom.